The Labute approximate surface area is 143 Å². The van der Waals surface area contributed by atoms with Crippen LogP contribution in [0.2, 0.25) is 0 Å². The molecule has 1 aromatic heterocycles. The first-order valence-corrected chi connectivity index (χ1v) is 7.92. The second-order valence-electron chi connectivity index (χ2n) is 4.16. The molecule has 0 unspecified atom stereocenters. The van der Waals surface area contributed by atoms with Gasteiger partial charge >= 0.3 is 0 Å². The Morgan fingerprint density at radius 3 is 2.80 bits per heavy atom. The molecule has 0 radical (unpaired) electrons. The topological polar surface area (TPSA) is 45.7 Å². The molecule has 0 spiro atoms. The zero-order valence-corrected chi connectivity index (χ0v) is 15.5. The Morgan fingerprint density at radius 1 is 1.30 bits per heavy atom. The number of nitrogens with zero attached hydrogens (tertiary/aromatic N) is 1. The van der Waals surface area contributed by atoms with Crippen molar-refractivity contribution in [1.29, 1.82) is 0 Å². The average Bonchev–Trinajstić information content (AvgIpc) is 2.93. The van der Waals surface area contributed by atoms with Crippen molar-refractivity contribution in [2.45, 2.75) is 33.2 Å². The second kappa shape index (κ2) is 13.6. The molecule has 0 aliphatic heterocycles. The molecule has 0 saturated heterocycles. The van der Waals surface area contributed by atoms with Gasteiger partial charge in [-0.3, -0.25) is 0 Å². The van der Waals surface area contributed by atoms with Crippen molar-refractivity contribution in [3.8, 4) is 0 Å². The number of guanidine groups is 1. The lowest BCUT2D eigenvalue weighted by molar-refractivity contribution is 0.143. The number of thiophene rings is 1. The molecule has 0 aromatic carbocycles. The lowest BCUT2D eigenvalue weighted by atomic mass is 10.3. The van der Waals surface area contributed by atoms with E-state index in [2.05, 4.69) is 39.4 Å². The maximum Gasteiger partial charge on any atom is 0.191 e. The largest absolute Gasteiger partial charge is 0.382 e. The van der Waals surface area contributed by atoms with Gasteiger partial charge in [0.05, 0.1) is 6.54 Å². The third kappa shape index (κ3) is 9.55. The summed E-state index contributed by atoms with van der Waals surface area (Å²) in [6.07, 6.45) is 2.19. The minimum Gasteiger partial charge on any atom is -0.382 e. The van der Waals surface area contributed by atoms with Crippen LogP contribution in [0.4, 0.5) is 0 Å². The summed E-state index contributed by atoms with van der Waals surface area (Å²) >= 11 is 1.71. The predicted molar refractivity (Wildman–Crippen MR) is 98.3 cm³/mol. The standard InChI is InChI=1S/C14H25N3OS.HI/c1-3-15-14(16-8-5-6-9-18-4-2)17-11-13-7-10-19-12-13;/h7,10,12H,3-6,8-9,11H2,1-2H3,(H2,15,16,17);1H. The minimum absolute atomic E-state index is 0. The van der Waals surface area contributed by atoms with Gasteiger partial charge in [0.1, 0.15) is 0 Å². The maximum absolute atomic E-state index is 5.31. The van der Waals surface area contributed by atoms with Crippen LogP contribution >= 0.6 is 35.3 Å². The molecule has 0 bridgehead atoms. The smallest absolute Gasteiger partial charge is 0.191 e. The number of ether oxygens (including phenoxy) is 1. The van der Waals surface area contributed by atoms with Gasteiger partial charge in [0.2, 0.25) is 0 Å². The molecule has 0 fully saturated rings. The molecule has 6 heteroatoms. The van der Waals surface area contributed by atoms with E-state index in [-0.39, 0.29) is 24.0 Å². The van der Waals surface area contributed by atoms with Gasteiger partial charge in [0.25, 0.3) is 0 Å². The summed E-state index contributed by atoms with van der Waals surface area (Å²) in [6, 6.07) is 2.11. The van der Waals surface area contributed by atoms with Crippen LogP contribution in [0.15, 0.2) is 21.8 Å². The Morgan fingerprint density at radius 2 is 2.15 bits per heavy atom. The Bertz CT molecular complexity index is 344. The van der Waals surface area contributed by atoms with Gasteiger partial charge < -0.3 is 15.4 Å². The van der Waals surface area contributed by atoms with Gasteiger partial charge in [0, 0.05) is 26.3 Å². The molecule has 0 saturated carbocycles. The van der Waals surface area contributed by atoms with Crippen molar-refractivity contribution in [1.82, 2.24) is 10.6 Å². The summed E-state index contributed by atoms with van der Waals surface area (Å²) in [4.78, 5) is 4.56. The van der Waals surface area contributed by atoms with Crippen molar-refractivity contribution in [3.05, 3.63) is 22.4 Å². The Balaban J connectivity index is 0.00000361. The summed E-state index contributed by atoms with van der Waals surface area (Å²) in [5.41, 5.74) is 1.26. The van der Waals surface area contributed by atoms with Crippen LogP contribution in [0.25, 0.3) is 0 Å². The SMILES string of the molecule is CCNC(=NCc1ccsc1)NCCCCOCC.I. The first-order chi connectivity index (χ1) is 9.36. The number of unbranched alkanes of at least 4 members (excludes halogenated alkanes) is 1. The lowest BCUT2D eigenvalue weighted by Gasteiger charge is -2.11. The summed E-state index contributed by atoms with van der Waals surface area (Å²) in [6.45, 7) is 8.31. The number of hydrogen-bond acceptors (Lipinski definition) is 3. The van der Waals surface area contributed by atoms with Crippen molar-refractivity contribution in [2.75, 3.05) is 26.3 Å². The van der Waals surface area contributed by atoms with E-state index in [1.807, 2.05) is 6.92 Å². The molecule has 1 rings (SSSR count). The van der Waals surface area contributed by atoms with Gasteiger partial charge in [-0.15, -0.1) is 24.0 Å². The van der Waals surface area contributed by atoms with Crippen molar-refractivity contribution in [3.63, 3.8) is 0 Å². The number of nitrogens with one attached hydrogen (secondary N) is 2. The van der Waals surface area contributed by atoms with E-state index in [0.717, 1.165) is 51.6 Å². The molecule has 0 aliphatic carbocycles. The van der Waals surface area contributed by atoms with Crippen molar-refractivity contribution >= 4 is 41.3 Å². The second-order valence-corrected chi connectivity index (χ2v) is 4.94. The van der Waals surface area contributed by atoms with E-state index in [0.29, 0.717) is 0 Å². The first kappa shape index (κ1) is 19.7. The van der Waals surface area contributed by atoms with E-state index < -0.39 is 0 Å². The zero-order chi connectivity index (χ0) is 13.8. The molecule has 4 nitrogen and oxygen atoms in total. The van der Waals surface area contributed by atoms with Crippen molar-refractivity contribution < 1.29 is 4.74 Å². The summed E-state index contributed by atoms with van der Waals surface area (Å²) < 4.78 is 5.31. The Hall–Kier alpha value is -0.340. The van der Waals surface area contributed by atoms with Gasteiger partial charge in [-0.2, -0.15) is 11.3 Å². The zero-order valence-electron chi connectivity index (χ0n) is 12.4. The molecule has 2 N–H and O–H groups in total. The third-order valence-electron chi connectivity index (χ3n) is 2.56. The van der Waals surface area contributed by atoms with Crippen LogP contribution < -0.4 is 10.6 Å². The first-order valence-electron chi connectivity index (χ1n) is 6.97. The van der Waals surface area contributed by atoms with Crippen LogP contribution in [0.3, 0.4) is 0 Å². The monoisotopic (exact) mass is 411 g/mol. The molecule has 0 atom stereocenters. The highest BCUT2D eigenvalue weighted by Gasteiger charge is 1.97. The molecular weight excluding hydrogens is 385 g/mol. The molecular formula is C14H26IN3OS. The molecule has 0 amide bonds. The summed E-state index contributed by atoms with van der Waals surface area (Å²) in [5, 5.41) is 10.8. The van der Waals surface area contributed by atoms with Crippen LogP contribution in [-0.4, -0.2) is 32.3 Å². The van der Waals surface area contributed by atoms with E-state index >= 15 is 0 Å². The highest BCUT2D eigenvalue weighted by atomic mass is 127. The van der Waals surface area contributed by atoms with Crippen LogP contribution in [0.5, 0.6) is 0 Å². The van der Waals surface area contributed by atoms with Gasteiger partial charge in [0.15, 0.2) is 5.96 Å². The normalized spacial score (nSPS) is 11.0. The minimum atomic E-state index is 0. The molecule has 20 heavy (non-hydrogen) atoms. The fourth-order valence-electron chi connectivity index (χ4n) is 1.57. The van der Waals surface area contributed by atoms with Gasteiger partial charge in [-0.25, -0.2) is 4.99 Å². The predicted octanol–water partition coefficient (Wildman–Crippen LogP) is 3.24. The number of rotatable bonds is 9. The van der Waals surface area contributed by atoms with E-state index in [1.54, 1.807) is 11.3 Å². The Kier molecular flexibility index (Phi) is 13.4. The molecule has 1 heterocycles. The van der Waals surface area contributed by atoms with Crippen LogP contribution in [0.1, 0.15) is 32.3 Å². The lowest BCUT2D eigenvalue weighted by Crippen LogP contribution is -2.37. The van der Waals surface area contributed by atoms with E-state index in [9.17, 15) is 0 Å². The average molecular weight is 411 g/mol. The van der Waals surface area contributed by atoms with Gasteiger partial charge in [-0.1, -0.05) is 0 Å². The van der Waals surface area contributed by atoms with E-state index in [1.165, 1.54) is 5.56 Å². The highest BCUT2D eigenvalue weighted by Crippen LogP contribution is 2.06. The van der Waals surface area contributed by atoms with Crippen LogP contribution in [-0.2, 0) is 11.3 Å². The summed E-state index contributed by atoms with van der Waals surface area (Å²) in [7, 11) is 0. The summed E-state index contributed by atoms with van der Waals surface area (Å²) in [5.74, 6) is 0.894. The fourth-order valence-corrected chi connectivity index (χ4v) is 2.23. The molecule has 1 aromatic rings. The molecule has 0 aliphatic rings. The molecule has 116 valence electrons. The number of halogens is 1. The van der Waals surface area contributed by atoms with Gasteiger partial charge in [-0.05, 0) is 49.1 Å². The quantitative estimate of drug-likeness (QED) is 0.284. The fraction of sp³-hybridized carbons (Fsp3) is 0.643. The maximum atomic E-state index is 5.31. The van der Waals surface area contributed by atoms with Crippen molar-refractivity contribution in [2.24, 2.45) is 4.99 Å². The van der Waals surface area contributed by atoms with E-state index in [4.69, 9.17) is 4.74 Å². The number of hydrogen-bond donors (Lipinski definition) is 2. The highest BCUT2D eigenvalue weighted by molar-refractivity contribution is 14.0. The number of aliphatic imine (C=N–C) groups is 1. The third-order valence-corrected chi connectivity index (χ3v) is 3.29. The van der Waals surface area contributed by atoms with Crippen LogP contribution in [0, 0.1) is 0 Å².